The van der Waals surface area contributed by atoms with Crippen molar-refractivity contribution in [2.45, 2.75) is 374 Å². The minimum Gasteiger partial charge on any atom is -0.462 e. The first-order valence-corrected chi connectivity index (χ1v) is 34.8. The van der Waals surface area contributed by atoms with Crippen LogP contribution in [-0.4, -0.2) is 37.2 Å². The lowest BCUT2D eigenvalue weighted by Crippen LogP contribution is -2.30. The minimum absolute atomic E-state index is 0.0717. The summed E-state index contributed by atoms with van der Waals surface area (Å²) in [4.78, 5) is 38.1. The molecule has 0 N–H and O–H groups in total. The van der Waals surface area contributed by atoms with Gasteiger partial charge in [0.05, 0.1) is 0 Å². The second kappa shape index (κ2) is 67.6. The molecule has 460 valence electrons. The van der Waals surface area contributed by atoms with Crippen molar-refractivity contribution in [2.24, 2.45) is 0 Å². The fourth-order valence-electron chi connectivity index (χ4n) is 10.2. The van der Waals surface area contributed by atoms with Crippen LogP contribution < -0.4 is 0 Å². The highest BCUT2D eigenvalue weighted by Crippen LogP contribution is 2.18. The van der Waals surface area contributed by atoms with Crippen molar-refractivity contribution < 1.29 is 28.6 Å². The highest BCUT2D eigenvalue weighted by Gasteiger charge is 2.19. The third kappa shape index (κ3) is 65.8. The molecule has 0 saturated heterocycles. The third-order valence-corrected chi connectivity index (χ3v) is 15.5. The maximum absolute atomic E-state index is 12.9. The number of carbonyl (C=O) groups is 3. The predicted octanol–water partition coefficient (Wildman–Crippen LogP) is 23.9. The number of hydrogen-bond donors (Lipinski definition) is 0. The van der Waals surface area contributed by atoms with Gasteiger partial charge in [-0.05, 0) is 89.9 Å². The summed E-state index contributed by atoms with van der Waals surface area (Å²) in [7, 11) is 0. The van der Waals surface area contributed by atoms with Crippen molar-refractivity contribution in [2.75, 3.05) is 13.2 Å². The second-order valence-corrected chi connectivity index (χ2v) is 23.4. The molecule has 0 aromatic rings. The largest absolute Gasteiger partial charge is 0.462 e. The fourth-order valence-corrected chi connectivity index (χ4v) is 10.2. The molecule has 1 atom stereocenters. The molecule has 0 spiro atoms. The Balaban J connectivity index is 4.02. The molecule has 0 aliphatic heterocycles. The molecule has 79 heavy (non-hydrogen) atoms. The van der Waals surface area contributed by atoms with Crippen LogP contribution in [0.15, 0.2) is 60.8 Å². The van der Waals surface area contributed by atoms with Gasteiger partial charge in [-0.3, -0.25) is 14.4 Å². The highest BCUT2D eigenvalue weighted by atomic mass is 16.6. The van der Waals surface area contributed by atoms with Crippen molar-refractivity contribution in [3.05, 3.63) is 60.8 Å². The Bertz CT molecular complexity index is 1410. The van der Waals surface area contributed by atoms with E-state index < -0.39 is 6.10 Å². The van der Waals surface area contributed by atoms with Gasteiger partial charge in [0.15, 0.2) is 6.10 Å². The molecule has 6 heteroatoms. The first-order valence-electron chi connectivity index (χ1n) is 34.8. The summed E-state index contributed by atoms with van der Waals surface area (Å²) in [6, 6.07) is 0. The van der Waals surface area contributed by atoms with Gasteiger partial charge < -0.3 is 14.2 Å². The molecule has 0 aliphatic carbocycles. The van der Waals surface area contributed by atoms with E-state index in [9.17, 15) is 14.4 Å². The van der Waals surface area contributed by atoms with Crippen molar-refractivity contribution >= 4 is 17.9 Å². The topological polar surface area (TPSA) is 78.9 Å². The molecule has 0 aromatic carbocycles. The first-order chi connectivity index (χ1) is 39.0. The number of allylic oxidation sites excluding steroid dienone is 10. The van der Waals surface area contributed by atoms with Crippen LogP contribution in [0.5, 0.6) is 0 Å². The Morgan fingerprint density at radius 3 is 0.709 bits per heavy atom. The zero-order valence-electron chi connectivity index (χ0n) is 52.9. The maximum atomic E-state index is 12.9. The molecular formula is C73H132O6. The van der Waals surface area contributed by atoms with E-state index in [1.54, 1.807) is 0 Å². The molecule has 0 bridgehead atoms. The molecule has 0 rings (SSSR count). The smallest absolute Gasteiger partial charge is 0.306 e. The van der Waals surface area contributed by atoms with Crippen LogP contribution in [0.1, 0.15) is 367 Å². The van der Waals surface area contributed by atoms with E-state index in [0.717, 1.165) is 77.0 Å². The fraction of sp³-hybridized carbons (Fsp3) is 0.822. The van der Waals surface area contributed by atoms with Crippen molar-refractivity contribution in [1.82, 2.24) is 0 Å². The monoisotopic (exact) mass is 1110 g/mol. The molecule has 0 aliphatic rings. The van der Waals surface area contributed by atoms with Crippen LogP contribution in [0, 0.1) is 0 Å². The Morgan fingerprint density at radius 1 is 0.253 bits per heavy atom. The summed E-state index contributed by atoms with van der Waals surface area (Å²) in [5.41, 5.74) is 0. The van der Waals surface area contributed by atoms with E-state index in [2.05, 4.69) is 81.5 Å². The number of carbonyl (C=O) groups excluding carboxylic acids is 3. The van der Waals surface area contributed by atoms with Gasteiger partial charge in [-0.1, -0.05) is 319 Å². The number of unbranched alkanes of at least 4 members (excludes halogenated alkanes) is 43. The molecule has 6 nitrogen and oxygen atoms in total. The number of rotatable bonds is 64. The van der Waals surface area contributed by atoms with Crippen LogP contribution in [0.3, 0.4) is 0 Å². The Labute approximate surface area is 491 Å². The standard InChI is InChI=1S/C73H132O6/c1-4-7-10-13-16-18-20-22-24-26-28-30-31-32-33-34-35-36-37-38-39-40-41-43-44-46-48-50-52-54-57-60-63-66-72(75)78-69-70(68-77-71(74)65-62-59-56-15-12-9-6-3)79-73(76)67-64-61-58-55-53-51-49-47-45-42-29-27-25-23-21-19-17-14-11-8-5-2/h20-23,26-29,31-32,70H,4-19,24-25,30,33-69H2,1-3H3/b22-20-,23-21-,28-26-,29-27-,32-31-. The Morgan fingerprint density at radius 2 is 0.456 bits per heavy atom. The van der Waals surface area contributed by atoms with Gasteiger partial charge in [0.1, 0.15) is 13.2 Å². The average Bonchev–Trinajstić information content (AvgIpc) is 3.45. The molecule has 0 radical (unpaired) electrons. The molecular weight excluding hydrogens is 973 g/mol. The summed E-state index contributed by atoms with van der Waals surface area (Å²) in [6.45, 7) is 6.62. The van der Waals surface area contributed by atoms with E-state index in [1.807, 2.05) is 0 Å². The second-order valence-electron chi connectivity index (χ2n) is 23.4. The molecule has 0 heterocycles. The van der Waals surface area contributed by atoms with Gasteiger partial charge in [0.2, 0.25) is 0 Å². The van der Waals surface area contributed by atoms with Crippen LogP contribution in [0.4, 0.5) is 0 Å². The summed E-state index contributed by atoms with van der Waals surface area (Å²) >= 11 is 0. The Hall–Kier alpha value is -2.89. The highest BCUT2D eigenvalue weighted by molar-refractivity contribution is 5.71. The van der Waals surface area contributed by atoms with Crippen LogP contribution in [0.2, 0.25) is 0 Å². The lowest BCUT2D eigenvalue weighted by molar-refractivity contribution is -0.167. The quantitative estimate of drug-likeness (QED) is 0.0261. The van der Waals surface area contributed by atoms with Gasteiger partial charge in [0, 0.05) is 19.3 Å². The normalized spacial score (nSPS) is 12.4. The SMILES string of the molecule is CCCCCCC/C=C\C/C=C\C/C=C\CCCCCCCCCCCCCCCCCCCCC(=O)OCC(COC(=O)CCCCCCCCC)OC(=O)CCCCCCCCCCC/C=C\C/C=C\CCCCCCC. The maximum Gasteiger partial charge on any atom is 0.306 e. The van der Waals surface area contributed by atoms with Gasteiger partial charge in [-0.15, -0.1) is 0 Å². The van der Waals surface area contributed by atoms with Crippen molar-refractivity contribution in [3.8, 4) is 0 Å². The average molecular weight is 1110 g/mol. The summed E-state index contributed by atoms with van der Waals surface area (Å²) in [6.07, 6.45) is 87.1. The summed E-state index contributed by atoms with van der Waals surface area (Å²) in [5.74, 6) is -0.863. The summed E-state index contributed by atoms with van der Waals surface area (Å²) in [5, 5.41) is 0. The van der Waals surface area contributed by atoms with E-state index in [4.69, 9.17) is 14.2 Å². The van der Waals surface area contributed by atoms with Crippen molar-refractivity contribution in [1.29, 1.82) is 0 Å². The van der Waals surface area contributed by atoms with Crippen LogP contribution in [0.25, 0.3) is 0 Å². The van der Waals surface area contributed by atoms with Crippen molar-refractivity contribution in [3.63, 3.8) is 0 Å². The third-order valence-electron chi connectivity index (χ3n) is 15.5. The van der Waals surface area contributed by atoms with E-state index in [0.29, 0.717) is 19.3 Å². The van der Waals surface area contributed by atoms with Gasteiger partial charge in [-0.2, -0.15) is 0 Å². The van der Waals surface area contributed by atoms with E-state index >= 15 is 0 Å². The van der Waals surface area contributed by atoms with E-state index in [-0.39, 0.29) is 31.1 Å². The predicted molar refractivity (Wildman–Crippen MR) is 344 cm³/mol. The van der Waals surface area contributed by atoms with Gasteiger partial charge in [-0.25, -0.2) is 0 Å². The molecule has 0 saturated carbocycles. The number of hydrogen-bond acceptors (Lipinski definition) is 6. The molecule has 0 fully saturated rings. The molecule has 0 amide bonds. The molecule has 1 unspecified atom stereocenters. The zero-order valence-corrected chi connectivity index (χ0v) is 52.9. The van der Waals surface area contributed by atoms with E-state index in [1.165, 1.54) is 250 Å². The lowest BCUT2D eigenvalue weighted by Gasteiger charge is -2.18. The first kappa shape index (κ1) is 76.1. The summed E-state index contributed by atoms with van der Waals surface area (Å²) < 4.78 is 16.9. The Kier molecular flexibility index (Phi) is 65.1. The zero-order chi connectivity index (χ0) is 57.1. The lowest BCUT2D eigenvalue weighted by atomic mass is 10.0. The number of ether oxygens (including phenoxy) is 3. The number of esters is 3. The molecule has 0 aromatic heterocycles. The van der Waals surface area contributed by atoms with Crippen LogP contribution in [-0.2, 0) is 28.6 Å². The van der Waals surface area contributed by atoms with Crippen LogP contribution >= 0.6 is 0 Å². The van der Waals surface area contributed by atoms with Gasteiger partial charge >= 0.3 is 17.9 Å². The van der Waals surface area contributed by atoms with Gasteiger partial charge in [0.25, 0.3) is 0 Å². The minimum atomic E-state index is -0.772.